The second kappa shape index (κ2) is 92.9. The summed E-state index contributed by atoms with van der Waals surface area (Å²) in [6.07, 6.45) is 67.0. The zero-order valence-electron chi connectivity index (χ0n) is 51.2. The van der Waals surface area contributed by atoms with Gasteiger partial charge in [0.1, 0.15) is 0 Å². The third kappa shape index (κ3) is 89.1. The maximum atomic E-state index is 2.32. The molecular weight excluding hydrogens is 1280 g/mol. The zero-order chi connectivity index (χ0) is 49.7. The fourth-order valence-corrected chi connectivity index (χ4v) is 24.8. The molecule has 0 spiro atoms. The average molecular weight is 1420 g/mol. The van der Waals surface area contributed by atoms with Crippen LogP contribution in [0.4, 0.5) is 0 Å². The summed E-state index contributed by atoms with van der Waals surface area (Å²) in [5, 5.41) is 0. The monoisotopic (exact) mass is 1410 g/mol. The Hall–Kier alpha value is 4.55. The molecule has 0 aromatic rings. The quantitative estimate of drug-likeness (QED) is 0.0543. The third-order valence-corrected chi connectivity index (χ3v) is 29.2. The topological polar surface area (TPSA) is 0 Å². The predicted molar refractivity (Wildman–Crippen MR) is 338 cm³/mol. The van der Waals surface area contributed by atoms with Gasteiger partial charge >= 0.3 is 0 Å². The normalized spacial score (nSPS) is 10.3. The fraction of sp³-hybridized carbons (Fsp3) is 1.00. The first kappa shape index (κ1) is 96.8. The minimum Gasteiger partial charge on any atom is -1.00 e. The SMILES string of the molecule is CCCC[PH+](CCCC)CCCC.CCCC[PH+](CCCC)CCCC.CCCC[PH+](CCCC)CCCC.CCCC[PH+](CCCC)CCCC.CCCC[PH+](CCCC)CCCC.[Br-].[Br-].[Br-].[Br-].[Br-]. The number of unbranched alkanes of at least 4 members (excludes halogenated alkanes) is 15. The lowest BCUT2D eigenvalue weighted by molar-refractivity contribution is -0.001000. The van der Waals surface area contributed by atoms with Gasteiger partial charge in [0.2, 0.25) is 0 Å². The molecule has 0 fully saturated rings. The van der Waals surface area contributed by atoms with Gasteiger partial charge in [0.05, 0.1) is 92.4 Å². The van der Waals surface area contributed by atoms with E-state index >= 15 is 0 Å². The summed E-state index contributed by atoms with van der Waals surface area (Å²) < 4.78 is 0. The van der Waals surface area contributed by atoms with Crippen LogP contribution in [-0.4, -0.2) is 92.4 Å². The molecule has 0 aliphatic rings. The van der Waals surface area contributed by atoms with E-state index in [4.69, 9.17) is 0 Å². The molecule has 440 valence electrons. The molecule has 0 unspecified atom stereocenters. The molecule has 0 aromatic carbocycles. The van der Waals surface area contributed by atoms with Gasteiger partial charge in [-0.05, 0) is 96.3 Å². The van der Waals surface area contributed by atoms with Crippen molar-refractivity contribution in [1.29, 1.82) is 0 Å². The molecule has 0 N–H and O–H groups in total. The van der Waals surface area contributed by atoms with Crippen LogP contribution in [0, 0.1) is 0 Å². The van der Waals surface area contributed by atoms with Gasteiger partial charge in [-0.1, -0.05) is 200 Å². The minimum atomic E-state index is 0. The van der Waals surface area contributed by atoms with Crippen molar-refractivity contribution >= 4 is 39.6 Å². The van der Waals surface area contributed by atoms with Crippen LogP contribution in [0.25, 0.3) is 0 Å². The minimum absolute atomic E-state index is 0. The lowest BCUT2D eigenvalue weighted by Crippen LogP contribution is -3.00. The lowest BCUT2D eigenvalue weighted by atomic mass is 10.4. The first-order valence-corrected chi connectivity index (χ1v) is 41.5. The highest BCUT2D eigenvalue weighted by Crippen LogP contribution is 2.41. The van der Waals surface area contributed by atoms with E-state index in [9.17, 15) is 0 Å². The van der Waals surface area contributed by atoms with Gasteiger partial charge in [-0.3, -0.25) is 0 Å². The molecule has 0 amide bonds. The molecule has 0 saturated heterocycles. The van der Waals surface area contributed by atoms with Gasteiger partial charge in [-0.2, -0.15) is 0 Å². The molecule has 0 aliphatic carbocycles. The van der Waals surface area contributed by atoms with Crippen molar-refractivity contribution in [2.75, 3.05) is 92.4 Å². The zero-order valence-corrected chi connectivity index (χ0v) is 64.1. The number of hydrogen-bond acceptors (Lipinski definition) is 0. The van der Waals surface area contributed by atoms with Crippen molar-refractivity contribution in [2.45, 2.75) is 296 Å². The van der Waals surface area contributed by atoms with E-state index in [0.29, 0.717) is 0 Å². The average Bonchev–Trinajstić information content (AvgIpc) is 3.33. The van der Waals surface area contributed by atoms with Crippen LogP contribution in [-0.2, 0) is 0 Å². The van der Waals surface area contributed by atoms with E-state index in [0.717, 1.165) is 0 Å². The van der Waals surface area contributed by atoms with Crippen molar-refractivity contribution in [1.82, 2.24) is 0 Å². The molecule has 0 radical (unpaired) electrons. The summed E-state index contributed by atoms with van der Waals surface area (Å²) in [4.78, 5) is 0. The molecule has 0 rings (SSSR count). The Kier molecular flexibility index (Phi) is 128. The molecule has 10 heteroatoms. The van der Waals surface area contributed by atoms with E-state index in [2.05, 4.69) is 104 Å². The molecule has 0 aromatic heterocycles. The summed E-state index contributed by atoms with van der Waals surface area (Å²) in [6.45, 7) is 34.8. The van der Waals surface area contributed by atoms with Crippen LogP contribution in [0.5, 0.6) is 0 Å². The van der Waals surface area contributed by atoms with Gasteiger partial charge in [0.15, 0.2) is 0 Å². The van der Waals surface area contributed by atoms with Crippen molar-refractivity contribution in [2.24, 2.45) is 0 Å². The molecule has 0 heterocycles. The first-order valence-electron chi connectivity index (χ1n) is 30.9. The highest BCUT2D eigenvalue weighted by Gasteiger charge is 2.16. The Balaban J connectivity index is -0.0000000789. The second-order valence-electron chi connectivity index (χ2n) is 20.3. The van der Waals surface area contributed by atoms with Gasteiger partial charge in [-0.15, -0.1) is 0 Å². The Bertz CT molecular complexity index is 526. The van der Waals surface area contributed by atoms with E-state index < -0.39 is 0 Å². The van der Waals surface area contributed by atoms with Crippen LogP contribution in [0.15, 0.2) is 0 Å². The molecule has 0 bridgehead atoms. The van der Waals surface area contributed by atoms with E-state index in [1.165, 1.54) is 193 Å². The van der Waals surface area contributed by atoms with E-state index in [1.807, 2.05) is 0 Å². The number of rotatable bonds is 45. The Morgan fingerprint density at radius 1 is 0.129 bits per heavy atom. The van der Waals surface area contributed by atoms with Crippen LogP contribution < -0.4 is 84.9 Å². The van der Waals surface area contributed by atoms with E-state index in [-0.39, 0.29) is 125 Å². The molecule has 0 aliphatic heterocycles. The van der Waals surface area contributed by atoms with Gasteiger partial charge in [0.25, 0.3) is 0 Å². The largest absolute Gasteiger partial charge is 1.00 e. The molecular formula is C60H140Br5P5. The molecule has 0 atom stereocenters. The summed E-state index contributed by atoms with van der Waals surface area (Å²) in [5.41, 5.74) is 0. The summed E-state index contributed by atoms with van der Waals surface area (Å²) in [6, 6.07) is 0. The second-order valence-corrected chi connectivity index (χ2v) is 35.3. The van der Waals surface area contributed by atoms with Gasteiger partial charge in [-0.25, -0.2) is 0 Å². The predicted octanol–water partition coefficient (Wildman–Crippen LogP) is 8.02. The maximum absolute atomic E-state index is 2.32. The summed E-state index contributed by atoms with van der Waals surface area (Å²) in [7, 11) is 0.337. The van der Waals surface area contributed by atoms with Crippen molar-refractivity contribution in [3.8, 4) is 0 Å². The third-order valence-electron chi connectivity index (χ3n) is 13.3. The Morgan fingerprint density at radius 2 is 0.186 bits per heavy atom. The van der Waals surface area contributed by atoms with Crippen molar-refractivity contribution < 1.29 is 84.9 Å². The van der Waals surface area contributed by atoms with Crippen molar-refractivity contribution in [3.05, 3.63) is 0 Å². The van der Waals surface area contributed by atoms with Gasteiger partial charge < -0.3 is 84.9 Å². The van der Waals surface area contributed by atoms with Crippen LogP contribution in [0.1, 0.15) is 296 Å². The Labute approximate surface area is 508 Å². The van der Waals surface area contributed by atoms with Crippen molar-refractivity contribution in [3.63, 3.8) is 0 Å². The highest BCUT2D eigenvalue weighted by molar-refractivity contribution is 7.58. The van der Waals surface area contributed by atoms with Crippen LogP contribution in [0.2, 0.25) is 0 Å². The summed E-state index contributed by atoms with van der Waals surface area (Å²) >= 11 is 0. The van der Waals surface area contributed by atoms with Crippen LogP contribution >= 0.6 is 39.6 Å². The standard InChI is InChI=1S/5C12H27P.5BrH/c5*1-4-7-10-13(11-8-5-2)12-9-6-3;;;;;/h5*4-12H2,1-3H3;5*1H. The molecule has 70 heavy (non-hydrogen) atoms. The lowest BCUT2D eigenvalue weighted by Gasteiger charge is -2.09. The summed E-state index contributed by atoms with van der Waals surface area (Å²) in [5.74, 6) is 0. The molecule has 0 nitrogen and oxygen atoms in total. The Morgan fingerprint density at radius 3 is 0.229 bits per heavy atom. The highest BCUT2D eigenvalue weighted by atomic mass is 79.9. The van der Waals surface area contributed by atoms with Crippen LogP contribution in [0.3, 0.4) is 0 Å². The smallest absolute Gasteiger partial charge is 0.0571 e. The number of halogens is 5. The molecule has 0 saturated carbocycles. The number of hydrogen-bond donors (Lipinski definition) is 0. The maximum Gasteiger partial charge on any atom is 0.0571 e. The van der Waals surface area contributed by atoms with Gasteiger partial charge in [0, 0.05) is 39.6 Å². The van der Waals surface area contributed by atoms with E-state index in [1.54, 1.807) is 92.4 Å². The first-order chi connectivity index (χ1) is 31.7. The fourth-order valence-electron chi connectivity index (χ4n) is 8.28.